The number of nitrogens with one attached hydrogen (secondary N) is 1. The minimum absolute atomic E-state index is 0.134. The highest BCUT2D eigenvalue weighted by Crippen LogP contribution is 2.32. The Bertz CT molecular complexity index is 1500. The SMILES string of the molecule is CCOc1cnc2c(c1)CCN2C(=O)c1cc2[nH]c(=O)c3cnc(C4CCOC4)n3c2cc1C. The van der Waals surface area contributed by atoms with Gasteiger partial charge in [0, 0.05) is 30.2 Å². The van der Waals surface area contributed by atoms with E-state index in [1.807, 2.05) is 30.4 Å². The third-order valence-corrected chi connectivity index (χ3v) is 6.71. The van der Waals surface area contributed by atoms with Crippen molar-refractivity contribution in [2.75, 3.05) is 31.3 Å². The molecule has 1 N–H and O–H groups in total. The van der Waals surface area contributed by atoms with Gasteiger partial charge < -0.3 is 14.5 Å². The van der Waals surface area contributed by atoms with E-state index in [-0.39, 0.29) is 17.4 Å². The number of amides is 1. The summed E-state index contributed by atoms with van der Waals surface area (Å²) in [5, 5.41) is 0. The summed E-state index contributed by atoms with van der Waals surface area (Å²) < 4.78 is 13.0. The molecule has 1 unspecified atom stereocenters. The predicted molar refractivity (Wildman–Crippen MR) is 127 cm³/mol. The first-order valence-electron chi connectivity index (χ1n) is 11.6. The second-order valence-corrected chi connectivity index (χ2v) is 8.83. The zero-order valence-electron chi connectivity index (χ0n) is 19.1. The molecule has 6 rings (SSSR count). The van der Waals surface area contributed by atoms with Crippen molar-refractivity contribution < 1.29 is 14.3 Å². The minimum Gasteiger partial charge on any atom is -0.492 e. The van der Waals surface area contributed by atoms with Crippen LogP contribution in [0.25, 0.3) is 16.6 Å². The first-order valence-corrected chi connectivity index (χ1v) is 11.6. The highest BCUT2D eigenvalue weighted by atomic mass is 16.5. The molecule has 9 nitrogen and oxygen atoms in total. The van der Waals surface area contributed by atoms with Crippen LogP contribution in [-0.4, -0.2) is 51.6 Å². The molecular formula is C25H25N5O4. The Labute approximate surface area is 195 Å². The molecule has 1 aromatic carbocycles. The largest absolute Gasteiger partial charge is 0.492 e. The number of pyridine rings is 1. The molecule has 0 bridgehead atoms. The molecule has 34 heavy (non-hydrogen) atoms. The van der Waals surface area contributed by atoms with Gasteiger partial charge in [-0.2, -0.15) is 0 Å². The van der Waals surface area contributed by atoms with Crippen LogP contribution < -0.4 is 15.2 Å². The van der Waals surface area contributed by atoms with Crippen LogP contribution in [-0.2, 0) is 11.2 Å². The molecule has 9 heteroatoms. The number of aromatic nitrogens is 4. The van der Waals surface area contributed by atoms with Crippen molar-refractivity contribution in [1.29, 1.82) is 0 Å². The molecule has 3 aromatic heterocycles. The Balaban J connectivity index is 1.44. The van der Waals surface area contributed by atoms with Gasteiger partial charge in [-0.15, -0.1) is 0 Å². The molecule has 0 radical (unpaired) electrons. The van der Waals surface area contributed by atoms with Gasteiger partial charge in [-0.1, -0.05) is 0 Å². The number of anilines is 1. The van der Waals surface area contributed by atoms with Crippen molar-refractivity contribution in [2.45, 2.75) is 32.6 Å². The average Bonchev–Trinajstić information content (AvgIpc) is 3.58. The third kappa shape index (κ3) is 3.19. The fourth-order valence-corrected chi connectivity index (χ4v) is 5.04. The minimum atomic E-state index is -0.232. The first-order chi connectivity index (χ1) is 16.5. The summed E-state index contributed by atoms with van der Waals surface area (Å²) >= 11 is 0. The summed E-state index contributed by atoms with van der Waals surface area (Å²) in [5.74, 6) is 2.20. The summed E-state index contributed by atoms with van der Waals surface area (Å²) in [6.07, 6.45) is 4.86. The highest BCUT2D eigenvalue weighted by Gasteiger charge is 2.29. The smallest absolute Gasteiger partial charge is 0.274 e. The van der Waals surface area contributed by atoms with Crippen molar-refractivity contribution in [3.63, 3.8) is 0 Å². The lowest BCUT2D eigenvalue weighted by Crippen LogP contribution is -2.30. The molecule has 5 heterocycles. The number of carbonyl (C=O) groups is 1. The van der Waals surface area contributed by atoms with Crippen molar-refractivity contribution in [2.24, 2.45) is 0 Å². The van der Waals surface area contributed by atoms with Crippen LogP contribution >= 0.6 is 0 Å². The molecule has 174 valence electrons. The normalized spacial score (nSPS) is 17.6. The molecule has 1 amide bonds. The van der Waals surface area contributed by atoms with Crippen molar-refractivity contribution in [1.82, 2.24) is 19.4 Å². The molecule has 1 fully saturated rings. The molecule has 2 aliphatic heterocycles. The molecule has 0 aliphatic carbocycles. The zero-order valence-corrected chi connectivity index (χ0v) is 19.1. The molecule has 0 saturated carbocycles. The maximum absolute atomic E-state index is 13.6. The fraction of sp³-hybridized carbons (Fsp3) is 0.360. The molecule has 1 atom stereocenters. The first kappa shape index (κ1) is 20.9. The molecule has 0 spiro atoms. The van der Waals surface area contributed by atoms with Crippen molar-refractivity contribution in [3.8, 4) is 5.75 Å². The van der Waals surface area contributed by atoms with Gasteiger partial charge >= 0.3 is 0 Å². The molecule has 4 aromatic rings. The van der Waals surface area contributed by atoms with Crippen LogP contribution in [0, 0.1) is 6.92 Å². The zero-order chi connectivity index (χ0) is 23.4. The highest BCUT2D eigenvalue weighted by molar-refractivity contribution is 6.09. The lowest BCUT2D eigenvalue weighted by Gasteiger charge is -2.19. The van der Waals surface area contributed by atoms with Crippen molar-refractivity contribution in [3.05, 3.63) is 63.5 Å². The van der Waals surface area contributed by atoms with Gasteiger partial charge in [-0.25, -0.2) is 9.97 Å². The van der Waals surface area contributed by atoms with E-state index in [0.717, 1.165) is 35.3 Å². The Morgan fingerprint density at radius 1 is 1.24 bits per heavy atom. The van der Waals surface area contributed by atoms with Gasteiger partial charge in [-0.05, 0) is 50.5 Å². The van der Waals surface area contributed by atoms with E-state index >= 15 is 0 Å². The Kier molecular flexibility index (Phi) is 4.88. The van der Waals surface area contributed by atoms with Gasteiger partial charge in [0.15, 0.2) is 0 Å². The second-order valence-electron chi connectivity index (χ2n) is 8.83. The van der Waals surface area contributed by atoms with Gasteiger partial charge in [0.05, 0.1) is 36.6 Å². The van der Waals surface area contributed by atoms with E-state index < -0.39 is 0 Å². The monoisotopic (exact) mass is 459 g/mol. The van der Waals surface area contributed by atoms with E-state index in [0.29, 0.717) is 54.5 Å². The Hall–Kier alpha value is -3.72. The number of carbonyl (C=O) groups excluding carboxylic acids is 1. The number of rotatable bonds is 4. The molecule has 2 aliphatic rings. The molecular weight excluding hydrogens is 434 g/mol. The predicted octanol–water partition coefficient (Wildman–Crippen LogP) is 2.98. The standard InChI is InChI=1S/C25H25N5O4/c1-3-34-17-9-15-4-6-29(22(15)26-11-17)25(32)18-10-19-20(8-14(18)2)30-21(24(31)28-19)12-27-23(30)16-5-7-33-13-16/h8-12,16H,3-7,13H2,1-2H3,(H,28,31). The number of aromatic amines is 1. The molecule has 1 saturated heterocycles. The van der Waals surface area contributed by atoms with Crippen LogP contribution in [0.15, 0.2) is 35.4 Å². The second kappa shape index (κ2) is 7.95. The Morgan fingerprint density at radius 2 is 2.12 bits per heavy atom. The topological polar surface area (TPSA) is 102 Å². The van der Waals surface area contributed by atoms with E-state index in [2.05, 4.69) is 15.0 Å². The number of benzene rings is 1. The summed E-state index contributed by atoms with van der Waals surface area (Å²) in [7, 11) is 0. The van der Waals surface area contributed by atoms with E-state index in [4.69, 9.17) is 9.47 Å². The Morgan fingerprint density at radius 3 is 2.91 bits per heavy atom. The summed E-state index contributed by atoms with van der Waals surface area (Å²) in [6, 6.07) is 5.68. The van der Waals surface area contributed by atoms with Gasteiger partial charge in [0.1, 0.15) is 22.9 Å². The number of H-pyrrole nitrogens is 1. The number of fused-ring (bicyclic) bond motifs is 4. The van der Waals surface area contributed by atoms with Crippen LogP contribution in [0.4, 0.5) is 5.82 Å². The number of hydrogen-bond donors (Lipinski definition) is 1. The lowest BCUT2D eigenvalue weighted by atomic mass is 10.0. The van der Waals surface area contributed by atoms with E-state index in [9.17, 15) is 9.59 Å². The fourth-order valence-electron chi connectivity index (χ4n) is 5.04. The van der Waals surface area contributed by atoms with Gasteiger partial charge in [-0.3, -0.25) is 18.9 Å². The number of imidazole rings is 1. The summed E-state index contributed by atoms with van der Waals surface area (Å²) in [6.45, 7) is 6.25. The third-order valence-electron chi connectivity index (χ3n) is 6.71. The quantitative estimate of drug-likeness (QED) is 0.503. The van der Waals surface area contributed by atoms with Gasteiger partial charge in [0.25, 0.3) is 11.5 Å². The van der Waals surface area contributed by atoms with E-state index in [1.165, 1.54) is 0 Å². The van der Waals surface area contributed by atoms with Crippen LogP contribution in [0.5, 0.6) is 5.75 Å². The lowest BCUT2D eigenvalue weighted by molar-refractivity contribution is 0.0988. The van der Waals surface area contributed by atoms with Crippen LogP contribution in [0.3, 0.4) is 0 Å². The number of aryl methyl sites for hydroxylation is 1. The number of hydrogen-bond acceptors (Lipinski definition) is 6. The summed E-state index contributed by atoms with van der Waals surface area (Å²) in [5.41, 5.74) is 4.05. The number of nitrogens with zero attached hydrogens (tertiary/aromatic N) is 4. The summed E-state index contributed by atoms with van der Waals surface area (Å²) in [4.78, 5) is 40.1. The van der Waals surface area contributed by atoms with Crippen LogP contribution in [0.1, 0.15) is 46.6 Å². The number of ether oxygens (including phenoxy) is 2. The maximum Gasteiger partial charge on any atom is 0.274 e. The van der Waals surface area contributed by atoms with E-state index in [1.54, 1.807) is 23.4 Å². The average molecular weight is 460 g/mol. The van der Waals surface area contributed by atoms with Crippen molar-refractivity contribution >= 4 is 28.3 Å². The van der Waals surface area contributed by atoms with Gasteiger partial charge in [0.2, 0.25) is 0 Å². The van der Waals surface area contributed by atoms with Crippen LogP contribution in [0.2, 0.25) is 0 Å². The maximum atomic E-state index is 13.6.